The molecular weight excluding hydrogens is 468 g/mol. The molecule has 9 heteroatoms. The first-order chi connectivity index (χ1) is 14.3. The summed E-state index contributed by atoms with van der Waals surface area (Å²) in [6, 6.07) is 12.2. The molecule has 0 bridgehead atoms. The number of aliphatic imine (C=N–C) groups is 1. The fourth-order valence-electron chi connectivity index (χ4n) is 2.31. The standard InChI is InChI=1S/C22H20N2O6.BrH/c25-20(26)12-3-15(14-24-19-10-6-17(7-11-19)22(29)30)2-1-13-23-18-8-4-16(5-9-18)21(27)28;/h1-2,4-11,13-14,23H,3,12H2,(H,25,26)(H,27,28)(H,29,30);1H/b13-1+,15-2?,24-14?;. The lowest BCUT2D eigenvalue weighted by molar-refractivity contribution is -0.136. The van der Waals surface area contributed by atoms with Gasteiger partial charge in [-0.2, -0.15) is 0 Å². The third kappa shape index (κ3) is 9.09. The summed E-state index contributed by atoms with van der Waals surface area (Å²) in [6.07, 6.45) is 6.76. The van der Waals surface area contributed by atoms with Crippen LogP contribution in [-0.4, -0.2) is 39.4 Å². The Hall–Kier alpha value is -3.72. The summed E-state index contributed by atoms with van der Waals surface area (Å²) in [7, 11) is 0. The summed E-state index contributed by atoms with van der Waals surface area (Å²) in [5, 5.41) is 29.7. The number of carboxylic acid groups (broad SMARTS) is 3. The van der Waals surface area contributed by atoms with Gasteiger partial charge in [0.2, 0.25) is 0 Å². The van der Waals surface area contributed by atoms with Crippen LogP contribution >= 0.6 is 17.0 Å². The van der Waals surface area contributed by atoms with Crippen molar-refractivity contribution in [3.63, 3.8) is 0 Å². The van der Waals surface area contributed by atoms with Gasteiger partial charge >= 0.3 is 17.9 Å². The molecule has 8 nitrogen and oxygen atoms in total. The minimum absolute atomic E-state index is 0. The first kappa shape index (κ1) is 25.3. The van der Waals surface area contributed by atoms with Crippen molar-refractivity contribution in [2.24, 2.45) is 4.99 Å². The van der Waals surface area contributed by atoms with Crippen molar-refractivity contribution in [1.82, 2.24) is 0 Å². The van der Waals surface area contributed by atoms with Gasteiger partial charge in [-0.3, -0.25) is 9.79 Å². The first-order valence-electron chi connectivity index (χ1n) is 8.90. The highest BCUT2D eigenvalue weighted by Gasteiger charge is 2.03. The van der Waals surface area contributed by atoms with E-state index >= 15 is 0 Å². The maximum Gasteiger partial charge on any atom is 0.335 e. The largest absolute Gasteiger partial charge is 0.481 e. The minimum Gasteiger partial charge on any atom is -0.481 e. The molecule has 0 atom stereocenters. The molecule has 2 aromatic rings. The van der Waals surface area contributed by atoms with Gasteiger partial charge in [0.15, 0.2) is 0 Å². The van der Waals surface area contributed by atoms with Crippen LogP contribution in [0, 0.1) is 0 Å². The van der Waals surface area contributed by atoms with E-state index in [0.29, 0.717) is 16.9 Å². The van der Waals surface area contributed by atoms with E-state index in [1.807, 2.05) is 0 Å². The molecule has 0 aromatic heterocycles. The fraction of sp³-hybridized carbons (Fsp3) is 0.0909. The molecule has 162 valence electrons. The van der Waals surface area contributed by atoms with E-state index in [2.05, 4.69) is 10.3 Å². The Labute approximate surface area is 189 Å². The number of hydrogen-bond acceptors (Lipinski definition) is 5. The van der Waals surface area contributed by atoms with Crippen molar-refractivity contribution in [3.8, 4) is 0 Å². The number of anilines is 1. The second-order valence-corrected chi connectivity index (χ2v) is 6.13. The molecule has 0 saturated heterocycles. The summed E-state index contributed by atoms with van der Waals surface area (Å²) >= 11 is 0. The van der Waals surface area contributed by atoms with Crippen LogP contribution in [0.5, 0.6) is 0 Å². The van der Waals surface area contributed by atoms with E-state index in [9.17, 15) is 14.4 Å². The third-order valence-electron chi connectivity index (χ3n) is 3.91. The van der Waals surface area contributed by atoms with Gasteiger partial charge in [-0.05, 0) is 66.6 Å². The predicted molar refractivity (Wildman–Crippen MR) is 123 cm³/mol. The van der Waals surface area contributed by atoms with Gasteiger partial charge in [0, 0.05) is 24.5 Å². The van der Waals surface area contributed by atoms with Crippen molar-refractivity contribution in [2.75, 3.05) is 5.32 Å². The van der Waals surface area contributed by atoms with Crippen LogP contribution in [0.1, 0.15) is 33.6 Å². The fourth-order valence-corrected chi connectivity index (χ4v) is 2.31. The van der Waals surface area contributed by atoms with E-state index in [1.54, 1.807) is 42.6 Å². The molecular formula is C22H21BrN2O6. The van der Waals surface area contributed by atoms with Crippen LogP contribution in [-0.2, 0) is 4.79 Å². The van der Waals surface area contributed by atoms with Crippen molar-refractivity contribution < 1.29 is 29.7 Å². The van der Waals surface area contributed by atoms with Crippen molar-refractivity contribution >= 4 is 52.5 Å². The van der Waals surface area contributed by atoms with Crippen LogP contribution in [0.2, 0.25) is 0 Å². The molecule has 0 heterocycles. The highest BCUT2D eigenvalue weighted by molar-refractivity contribution is 8.93. The lowest BCUT2D eigenvalue weighted by Gasteiger charge is -2.01. The van der Waals surface area contributed by atoms with Crippen molar-refractivity contribution in [1.29, 1.82) is 0 Å². The Morgan fingerprint density at radius 3 is 1.90 bits per heavy atom. The molecule has 0 unspecified atom stereocenters. The summed E-state index contributed by atoms with van der Waals surface area (Å²) in [5.74, 6) is -2.96. The second-order valence-electron chi connectivity index (χ2n) is 6.13. The highest BCUT2D eigenvalue weighted by Crippen LogP contribution is 2.14. The van der Waals surface area contributed by atoms with E-state index in [0.717, 1.165) is 0 Å². The molecule has 0 spiro atoms. The summed E-state index contributed by atoms with van der Waals surface area (Å²) < 4.78 is 0. The molecule has 0 radical (unpaired) electrons. The van der Waals surface area contributed by atoms with Crippen molar-refractivity contribution in [3.05, 3.63) is 83.6 Å². The van der Waals surface area contributed by atoms with Crippen LogP contribution < -0.4 is 5.32 Å². The average molecular weight is 489 g/mol. The topological polar surface area (TPSA) is 136 Å². The van der Waals surface area contributed by atoms with Crippen LogP contribution in [0.3, 0.4) is 0 Å². The van der Waals surface area contributed by atoms with Gasteiger partial charge in [0.05, 0.1) is 16.8 Å². The lowest BCUT2D eigenvalue weighted by Crippen LogP contribution is -1.97. The Kier molecular flexibility index (Phi) is 10.4. The molecule has 0 amide bonds. The molecule has 0 aliphatic heterocycles. The van der Waals surface area contributed by atoms with Gasteiger partial charge in [0.25, 0.3) is 0 Å². The maximum atomic E-state index is 10.9. The molecule has 2 rings (SSSR count). The number of carboxylic acids is 3. The summed E-state index contributed by atoms with van der Waals surface area (Å²) in [4.78, 5) is 36.9. The van der Waals surface area contributed by atoms with Crippen LogP contribution in [0.15, 0.2) is 77.4 Å². The smallest absolute Gasteiger partial charge is 0.335 e. The zero-order valence-corrected chi connectivity index (χ0v) is 18.0. The van der Waals surface area contributed by atoms with Gasteiger partial charge < -0.3 is 20.6 Å². The Morgan fingerprint density at radius 2 is 1.39 bits per heavy atom. The molecule has 0 saturated carbocycles. The van der Waals surface area contributed by atoms with E-state index < -0.39 is 17.9 Å². The number of aromatic carboxylic acids is 2. The number of allylic oxidation sites excluding steroid dienone is 3. The number of rotatable bonds is 10. The minimum atomic E-state index is -1.03. The highest BCUT2D eigenvalue weighted by atomic mass is 79.9. The van der Waals surface area contributed by atoms with E-state index in [1.165, 1.54) is 30.5 Å². The monoisotopic (exact) mass is 488 g/mol. The number of benzene rings is 2. The first-order valence-corrected chi connectivity index (χ1v) is 8.90. The van der Waals surface area contributed by atoms with Crippen molar-refractivity contribution in [2.45, 2.75) is 12.8 Å². The van der Waals surface area contributed by atoms with Crippen LogP contribution in [0.25, 0.3) is 0 Å². The molecule has 0 aliphatic carbocycles. The lowest BCUT2D eigenvalue weighted by atomic mass is 10.1. The normalized spacial score (nSPS) is 11.3. The van der Waals surface area contributed by atoms with E-state index in [-0.39, 0.29) is 40.9 Å². The summed E-state index contributed by atoms with van der Waals surface area (Å²) in [6.45, 7) is 0. The quantitative estimate of drug-likeness (QED) is 0.279. The van der Waals surface area contributed by atoms with Gasteiger partial charge in [-0.1, -0.05) is 6.08 Å². The number of carbonyl (C=O) groups is 3. The number of aliphatic carboxylic acids is 1. The molecule has 4 N–H and O–H groups in total. The van der Waals surface area contributed by atoms with E-state index in [4.69, 9.17) is 15.3 Å². The number of nitrogens with zero attached hydrogens (tertiary/aromatic N) is 1. The zero-order valence-electron chi connectivity index (χ0n) is 16.3. The van der Waals surface area contributed by atoms with Crippen LogP contribution in [0.4, 0.5) is 11.4 Å². The predicted octanol–water partition coefficient (Wildman–Crippen LogP) is 4.78. The Morgan fingerprint density at radius 1 is 0.839 bits per heavy atom. The number of halogens is 1. The Bertz CT molecular complexity index is 996. The zero-order chi connectivity index (χ0) is 21.9. The molecule has 2 aromatic carbocycles. The molecule has 0 fully saturated rings. The molecule has 0 aliphatic rings. The number of hydrogen-bond donors (Lipinski definition) is 4. The average Bonchev–Trinajstić information content (AvgIpc) is 2.73. The third-order valence-corrected chi connectivity index (χ3v) is 3.91. The Balaban J connectivity index is 0.00000480. The van der Waals surface area contributed by atoms with Gasteiger partial charge in [-0.25, -0.2) is 9.59 Å². The molecule has 31 heavy (non-hydrogen) atoms. The number of nitrogens with one attached hydrogen (secondary N) is 1. The SMILES string of the molecule is Br.O=C(O)CCC(C=Nc1ccc(C(=O)O)cc1)=C/C=C/Nc1ccc(C(=O)O)cc1. The van der Waals surface area contributed by atoms with Gasteiger partial charge in [-0.15, -0.1) is 17.0 Å². The summed E-state index contributed by atoms with van der Waals surface area (Å²) in [5.41, 5.74) is 2.25. The van der Waals surface area contributed by atoms with Gasteiger partial charge in [0.1, 0.15) is 0 Å². The maximum absolute atomic E-state index is 10.9. The second kappa shape index (κ2) is 12.8.